The number of nitrogens with one attached hydrogen (secondary N) is 2. The van der Waals surface area contributed by atoms with Crippen molar-refractivity contribution < 1.29 is 14.3 Å². The van der Waals surface area contributed by atoms with E-state index < -0.39 is 0 Å². The summed E-state index contributed by atoms with van der Waals surface area (Å²) in [7, 11) is 1.51. The van der Waals surface area contributed by atoms with Gasteiger partial charge in [-0.2, -0.15) is 0 Å². The van der Waals surface area contributed by atoms with Gasteiger partial charge in [-0.1, -0.05) is 0 Å². The number of rotatable bonds is 4. The van der Waals surface area contributed by atoms with Crippen LogP contribution in [0.2, 0.25) is 0 Å². The van der Waals surface area contributed by atoms with Crippen molar-refractivity contribution in [1.82, 2.24) is 9.38 Å². The second-order valence-corrected chi connectivity index (χ2v) is 5.65. The Morgan fingerprint density at radius 1 is 1.16 bits per heavy atom. The Morgan fingerprint density at radius 2 is 1.96 bits per heavy atom. The third kappa shape index (κ3) is 3.60. The number of hydrogen-bond donors (Lipinski definition) is 2. The molecule has 2 N–H and O–H groups in total. The molecule has 0 radical (unpaired) electrons. The van der Waals surface area contributed by atoms with Gasteiger partial charge >= 0.3 is 0 Å². The summed E-state index contributed by atoms with van der Waals surface area (Å²) in [5.74, 6) is -0.0696. The molecule has 128 valence electrons. The number of aryl methyl sites for hydroxylation is 1. The highest BCUT2D eigenvalue weighted by atomic mass is 16.5. The van der Waals surface area contributed by atoms with Crippen LogP contribution in [0.15, 0.2) is 42.7 Å². The first-order chi connectivity index (χ1) is 12.0. The number of carbonyl (C=O) groups excluding carboxylic acids is 2. The molecule has 0 fully saturated rings. The summed E-state index contributed by atoms with van der Waals surface area (Å²) in [4.78, 5) is 28.1. The van der Waals surface area contributed by atoms with Gasteiger partial charge in [0, 0.05) is 25.0 Å². The second kappa shape index (κ2) is 6.64. The quantitative estimate of drug-likeness (QED) is 0.766. The molecule has 0 aliphatic rings. The maximum atomic E-state index is 12.5. The zero-order valence-corrected chi connectivity index (χ0v) is 14.2. The summed E-state index contributed by atoms with van der Waals surface area (Å²) in [6.07, 6.45) is 3.51. The van der Waals surface area contributed by atoms with E-state index in [1.165, 1.54) is 14.0 Å². The lowest BCUT2D eigenvalue weighted by molar-refractivity contribution is -0.114. The molecule has 2 aromatic heterocycles. The van der Waals surface area contributed by atoms with Crippen LogP contribution < -0.4 is 15.4 Å². The van der Waals surface area contributed by atoms with E-state index in [-0.39, 0.29) is 17.5 Å². The van der Waals surface area contributed by atoms with Crippen molar-refractivity contribution >= 4 is 28.8 Å². The number of carbonyl (C=O) groups is 2. The van der Waals surface area contributed by atoms with Crippen LogP contribution in [0.1, 0.15) is 23.0 Å². The van der Waals surface area contributed by atoms with E-state index in [0.717, 1.165) is 5.56 Å². The van der Waals surface area contributed by atoms with Crippen LogP contribution in [0, 0.1) is 6.92 Å². The molecule has 25 heavy (non-hydrogen) atoms. The molecule has 0 spiro atoms. The molecule has 0 aliphatic heterocycles. The van der Waals surface area contributed by atoms with Gasteiger partial charge in [-0.3, -0.25) is 9.59 Å². The van der Waals surface area contributed by atoms with Crippen molar-refractivity contribution in [2.45, 2.75) is 13.8 Å². The number of hydrogen-bond acceptors (Lipinski definition) is 4. The topological polar surface area (TPSA) is 84.7 Å². The molecule has 0 saturated carbocycles. The summed E-state index contributed by atoms with van der Waals surface area (Å²) in [6, 6.07) is 8.85. The number of aromatic nitrogens is 2. The van der Waals surface area contributed by atoms with Gasteiger partial charge in [0.05, 0.1) is 12.8 Å². The fraction of sp³-hybridized carbons (Fsp3) is 0.167. The summed E-state index contributed by atoms with van der Waals surface area (Å²) in [5, 5.41) is 5.45. The summed E-state index contributed by atoms with van der Waals surface area (Å²) in [5.41, 5.74) is 3.07. The standard InChI is InChI=1S/C18H18N4O3/c1-11-6-7-22-10-15(20-17(22)8-11)18(24)21-14-9-13(19-12(2)23)4-5-16(14)25-3/h4-10H,1-3H3,(H,19,23)(H,21,24). The highest BCUT2D eigenvalue weighted by Gasteiger charge is 2.14. The van der Waals surface area contributed by atoms with E-state index in [9.17, 15) is 9.59 Å². The van der Waals surface area contributed by atoms with E-state index in [1.807, 2.05) is 25.3 Å². The predicted octanol–water partition coefficient (Wildman–Crippen LogP) is 2.86. The molecule has 3 aromatic rings. The Hall–Kier alpha value is -3.35. The SMILES string of the molecule is COc1ccc(NC(C)=O)cc1NC(=O)c1cn2ccc(C)cc2n1. The molecule has 7 heteroatoms. The fourth-order valence-corrected chi connectivity index (χ4v) is 2.47. The minimum absolute atomic E-state index is 0.196. The molecule has 1 aromatic carbocycles. The van der Waals surface area contributed by atoms with Crippen LogP contribution >= 0.6 is 0 Å². The van der Waals surface area contributed by atoms with Gasteiger partial charge in [-0.15, -0.1) is 0 Å². The Morgan fingerprint density at radius 3 is 2.68 bits per heavy atom. The molecule has 2 amide bonds. The molecule has 3 rings (SSSR count). The molecular formula is C18H18N4O3. The fourth-order valence-electron chi connectivity index (χ4n) is 2.47. The number of methoxy groups -OCH3 is 1. The molecule has 0 aliphatic carbocycles. The number of nitrogens with zero attached hydrogens (tertiary/aromatic N) is 2. The summed E-state index contributed by atoms with van der Waals surface area (Å²) in [6.45, 7) is 3.38. The molecular weight excluding hydrogens is 320 g/mol. The predicted molar refractivity (Wildman–Crippen MR) is 95.2 cm³/mol. The number of ether oxygens (including phenoxy) is 1. The zero-order chi connectivity index (χ0) is 18.0. The van der Waals surface area contributed by atoms with Crippen LogP contribution in [-0.4, -0.2) is 28.3 Å². The Bertz CT molecular complexity index is 962. The van der Waals surface area contributed by atoms with Gasteiger partial charge in [0.1, 0.15) is 17.1 Å². The highest BCUT2D eigenvalue weighted by Crippen LogP contribution is 2.28. The maximum absolute atomic E-state index is 12.5. The monoisotopic (exact) mass is 338 g/mol. The van der Waals surface area contributed by atoms with E-state index in [0.29, 0.717) is 22.8 Å². The van der Waals surface area contributed by atoms with Crippen LogP contribution in [0.4, 0.5) is 11.4 Å². The Kier molecular flexibility index (Phi) is 4.38. The van der Waals surface area contributed by atoms with Crippen molar-refractivity contribution in [3.63, 3.8) is 0 Å². The number of amides is 2. The lowest BCUT2D eigenvalue weighted by atomic mass is 10.2. The molecule has 7 nitrogen and oxygen atoms in total. The number of benzene rings is 1. The first-order valence-electron chi connectivity index (χ1n) is 7.68. The molecule has 0 saturated heterocycles. The second-order valence-electron chi connectivity index (χ2n) is 5.65. The minimum atomic E-state index is -0.361. The van der Waals surface area contributed by atoms with Crippen molar-refractivity contribution in [2.24, 2.45) is 0 Å². The van der Waals surface area contributed by atoms with E-state index in [2.05, 4.69) is 15.6 Å². The average molecular weight is 338 g/mol. The lowest BCUT2D eigenvalue weighted by Crippen LogP contribution is -2.14. The number of pyridine rings is 1. The van der Waals surface area contributed by atoms with Gasteiger partial charge in [-0.05, 0) is 42.8 Å². The van der Waals surface area contributed by atoms with Crippen molar-refractivity contribution in [2.75, 3.05) is 17.7 Å². The van der Waals surface area contributed by atoms with Crippen LogP contribution in [0.3, 0.4) is 0 Å². The van der Waals surface area contributed by atoms with Gasteiger partial charge in [0.25, 0.3) is 5.91 Å². The number of anilines is 2. The maximum Gasteiger partial charge on any atom is 0.275 e. The van der Waals surface area contributed by atoms with Crippen LogP contribution in [0.25, 0.3) is 5.65 Å². The van der Waals surface area contributed by atoms with E-state index in [1.54, 1.807) is 28.8 Å². The van der Waals surface area contributed by atoms with Gasteiger partial charge in [0.2, 0.25) is 5.91 Å². The summed E-state index contributed by atoms with van der Waals surface area (Å²) >= 11 is 0. The Balaban J connectivity index is 1.89. The number of fused-ring (bicyclic) bond motifs is 1. The Labute approximate surface area is 144 Å². The van der Waals surface area contributed by atoms with Crippen LogP contribution in [0.5, 0.6) is 5.75 Å². The van der Waals surface area contributed by atoms with Crippen molar-refractivity contribution in [1.29, 1.82) is 0 Å². The van der Waals surface area contributed by atoms with E-state index >= 15 is 0 Å². The third-order valence-electron chi connectivity index (χ3n) is 3.62. The van der Waals surface area contributed by atoms with Gasteiger partial charge < -0.3 is 19.8 Å². The zero-order valence-electron chi connectivity index (χ0n) is 14.2. The largest absolute Gasteiger partial charge is 0.495 e. The van der Waals surface area contributed by atoms with Crippen molar-refractivity contribution in [3.05, 3.63) is 54.0 Å². The normalized spacial score (nSPS) is 10.5. The molecule has 0 unspecified atom stereocenters. The highest BCUT2D eigenvalue weighted by molar-refractivity contribution is 6.04. The molecule has 0 bridgehead atoms. The molecule has 0 atom stereocenters. The smallest absolute Gasteiger partial charge is 0.275 e. The first kappa shape index (κ1) is 16.5. The van der Waals surface area contributed by atoms with Gasteiger partial charge in [0.15, 0.2) is 0 Å². The lowest BCUT2D eigenvalue weighted by Gasteiger charge is -2.11. The minimum Gasteiger partial charge on any atom is -0.495 e. The van der Waals surface area contributed by atoms with Crippen LogP contribution in [-0.2, 0) is 4.79 Å². The van der Waals surface area contributed by atoms with E-state index in [4.69, 9.17) is 4.74 Å². The summed E-state index contributed by atoms with van der Waals surface area (Å²) < 4.78 is 7.05. The molecule has 2 heterocycles. The number of imidazole rings is 1. The first-order valence-corrected chi connectivity index (χ1v) is 7.68. The third-order valence-corrected chi connectivity index (χ3v) is 3.62. The van der Waals surface area contributed by atoms with Gasteiger partial charge in [-0.25, -0.2) is 4.98 Å². The average Bonchev–Trinajstić information content (AvgIpc) is 2.98. The van der Waals surface area contributed by atoms with Crippen molar-refractivity contribution in [3.8, 4) is 5.75 Å².